The molecule has 0 aromatic carbocycles. The van der Waals surface area contributed by atoms with Crippen molar-refractivity contribution in [1.82, 2.24) is 0 Å². The fourth-order valence-corrected chi connectivity index (χ4v) is 6.70. The van der Waals surface area contributed by atoms with E-state index >= 15 is 0 Å². The minimum absolute atomic E-state index is 0.0893. The van der Waals surface area contributed by atoms with E-state index < -0.39 is 6.10 Å². The van der Waals surface area contributed by atoms with Crippen molar-refractivity contribution in [2.75, 3.05) is 13.2 Å². The molecule has 61 heavy (non-hydrogen) atoms. The molecule has 0 amide bonds. The highest BCUT2D eigenvalue weighted by Crippen LogP contribution is 2.14. The second kappa shape index (κ2) is 49.2. The number of allylic oxidation sites excluding steroid dienone is 14. The summed E-state index contributed by atoms with van der Waals surface area (Å²) < 4.78 is 16.7. The normalized spacial score (nSPS) is 12.8. The van der Waals surface area contributed by atoms with Crippen LogP contribution in [0, 0.1) is 0 Å². The predicted octanol–water partition coefficient (Wildman–Crippen LogP) is 16.4. The van der Waals surface area contributed by atoms with Crippen molar-refractivity contribution in [3.63, 3.8) is 0 Å². The van der Waals surface area contributed by atoms with Crippen LogP contribution in [0.5, 0.6) is 0 Å². The fraction of sp³-hybridized carbons (Fsp3) is 0.691. The number of hydrogen-bond donors (Lipinski definition) is 0. The molecule has 0 fully saturated rings. The number of ether oxygens (including phenoxy) is 3. The van der Waals surface area contributed by atoms with E-state index in [0.717, 1.165) is 96.3 Å². The molecule has 0 aliphatic carbocycles. The van der Waals surface area contributed by atoms with Crippen LogP contribution in [0.4, 0.5) is 0 Å². The van der Waals surface area contributed by atoms with Crippen molar-refractivity contribution in [3.8, 4) is 0 Å². The van der Waals surface area contributed by atoms with Crippen LogP contribution in [0.2, 0.25) is 0 Å². The maximum absolute atomic E-state index is 12.8. The van der Waals surface area contributed by atoms with E-state index in [9.17, 15) is 14.4 Å². The molecule has 1 atom stereocenters. The lowest BCUT2D eigenvalue weighted by Gasteiger charge is -2.18. The molecule has 0 spiro atoms. The quantitative estimate of drug-likeness (QED) is 0.0263. The van der Waals surface area contributed by atoms with Gasteiger partial charge in [-0.05, 0) is 64.2 Å². The van der Waals surface area contributed by atoms with Crippen LogP contribution in [0.25, 0.3) is 0 Å². The molecule has 0 saturated carbocycles. The number of hydrogen-bond acceptors (Lipinski definition) is 6. The molecule has 6 heteroatoms. The smallest absolute Gasteiger partial charge is 0.306 e. The Bertz CT molecular complexity index is 1200. The minimum atomic E-state index is -0.791. The van der Waals surface area contributed by atoms with Gasteiger partial charge in [0.1, 0.15) is 13.2 Å². The van der Waals surface area contributed by atoms with Crippen molar-refractivity contribution >= 4 is 17.9 Å². The van der Waals surface area contributed by atoms with Crippen molar-refractivity contribution in [3.05, 3.63) is 85.1 Å². The van der Waals surface area contributed by atoms with Gasteiger partial charge in [-0.25, -0.2) is 0 Å². The highest BCUT2D eigenvalue weighted by molar-refractivity contribution is 5.71. The van der Waals surface area contributed by atoms with Gasteiger partial charge in [-0.2, -0.15) is 0 Å². The van der Waals surface area contributed by atoms with E-state index in [1.807, 2.05) is 24.3 Å². The zero-order valence-electron chi connectivity index (χ0n) is 39.7. The van der Waals surface area contributed by atoms with Gasteiger partial charge >= 0.3 is 17.9 Å². The summed E-state index contributed by atoms with van der Waals surface area (Å²) in [4.78, 5) is 37.9. The molecule has 348 valence electrons. The molecule has 1 unspecified atom stereocenters. The third-order valence-electron chi connectivity index (χ3n) is 10.5. The Morgan fingerprint density at radius 3 is 1.03 bits per heavy atom. The molecule has 0 rings (SSSR count). The van der Waals surface area contributed by atoms with E-state index in [4.69, 9.17) is 14.2 Å². The van der Waals surface area contributed by atoms with Crippen LogP contribution < -0.4 is 0 Å². The summed E-state index contributed by atoms with van der Waals surface area (Å²) in [7, 11) is 0. The van der Waals surface area contributed by atoms with Crippen molar-refractivity contribution < 1.29 is 28.6 Å². The third kappa shape index (κ3) is 47.5. The van der Waals surface area contributed by atoms with Gasteiger partial charge < -0.3 is 14.2 Å². The van der Waals surface area contributed by atoms with Crippen LogP contribution in [0.15, 0.2) is 85.1 Å². The average Bonchev–Trinajstić information content (AvgIpc) is 3.26. The zero-order valence-corrected chi connectivity index (χ0v) is 39.7. The first-order chi connectivity index (χ1) is 30.0. The van der Waals surface area contributed by atoms with Gasteiger partial charge in [0, 0.05) is 19.3 Å². The Hall–Kier alpha value is -3.41. The summed E-state index contributed by atoms with van der Waals surface area (Å²) in [5.41, 5.74) is 0. The monoisotopic (exact) mass is 849 g/mol. The Morgan fingerprint density at radius 2 is 0.623 bits per heavy atom. The maximum Gasteiger partial charge on any atom is 0.306 e. The first-order valence-corrected chi connectivity index (χ1v) is 25.2. The number of rotatable bonds is 44. The maximum atomic E-state index is 12.8. The Morgan fingerprint density at radius 1 is 0.328 bits per heavy atom. The molecule has 0 aliphatic rings. The van der Waals surface area contributed by atoms with E-state index in [1.54, 1.807) is 0 Å². The van der Waals surface area contributed by atoms with Crippen molar-refractivity contribution in [2.24, 2.45) is 0 Å². The summed E-state index contributed by atoms with van der Waals surface area (Å²) in [5, 5.41) is 0. The van der Waals surface area contributed by atoms with Crippen LogP contribution in [-0.4, -0.2) is 37.2 Å². The number of unbranched alkanes of at least 4 members (excludes halogenated alkanes) is 24. The van der Waals surface area contributed by atoms with Gasteiger partial charge in [-0.15, -0.1) is 0 Å². The van der Waals surface area contributed by atoms with E-state index in [0.29, 0.717) is 19.3 Å². The summed E-state index contributed by atoms with van der Waals surface area (Å²) >= 11 is 0. The minimum Gasteiger partial charge on any atom is -0.462 e. The number of esters is 3. The average molecular weight is 849 g/mol. The van der Waals surface area contributed by atoms with Gasteiger partial charge in [0.05, 0.1) is 0 Å². The Balaban J connectivity index is 4.44. The Labute approximate surface area is 375 Å². The molecule has 0 saturated heterocycles. The highest BCUT2D eigenvalue weighted by Gasteiger charge is 2.19. The number of carbonyl (C=O) groups is 3. The summed E-state index contributed by atoms with van der Waals surface area (Å²) in [5.74, 6) is -0.930. The standard InChI is InChI=1S/C55H92O6/c1-4-7-10-13-16-19-22-24-26-27-28-30-31-33-36-39-42-45-48-54(57)60-51-52(50-59-53(56)47-44-41-38-35-21-18-15-12-9-6-3)61-55(58)49-46-43-40-37-34-32-29-25-23-20-17-14-11-8-5-2/h10,13,16-17,19-20,22-28,30,52H,4-9,11-12,14-15,18,21,29,31-51H2,1-3H3/b13-10-,19-16-,20-17-,24-22-,25-23-,27-26-,30-28-. The Kier molecular flexibility index (Phi) is 46.5. The molecule has 0 aromatic heterocycles. The molecule has 0 aliphatic heterocycles. The van der Waals surface area contributed by atoms with Crippen molar-refractivity contribution in [1.29, 1.82) is 0 Å². The second-order valence-corrected chi connectivity index (χ2v) is 16.5. The van der Waals surface area contributed by atoms with E-state index in [-0.39, 0.29) is 31.1 Å². The molecular weight excluding hydrogens is 757 g/mol. The van der Waals surface area contributed by atoms with Crippen LogP contribution in [0.1, 0.15) is 226 Å². The zero-order chi connectivity index (χ0) is 44.4. The second-order valence-electron chi connectivity index (χ2n) is 16.5. The van der Waals surface area contributed by atoms with Gasteiger partial charge in [-0.3, -0.25) is 14.4 Å². The van der Waals surface area contributed by atoms with Gasteiger partial charge in [0.15, 0.2) is 6.10 Å². The molecular formula is C55H92O6. The third-order valence-corrected chi connectivity index (χ3v) is 10.5. The van der Waals surface area contributed by atoms with Gasteiger partial charge in [0.2, 0.25) is 0 Å². The first-order valence-electron chi connectivity index (χ1n) is 25.2. The molecule has 0 heterocycles. The summed E-state index contributed by atoms with van der Waals surface area (Å²) in [6.45, 7) is 6.47. The highest BCUT2D eigenvalue weighted by atomic mass is 16.6. The van der Waals surface area contributed by atoms with Gasteiger partial charge in [0.25, 0.3) is 0 Å². The van der Waals surface area contributed by atoms with Crippen LogP contribution in [-0.2, 0) is 28.6 Å². The first kappa shape index (κ1) is 57.6. The predicted molar refractivity (Wildman–Crippen MR) is 261 cm³/mol. The van der Waals surface area contributed by atoms with Crippen LogP contribution >= 0.6 is 0 Å². The summed E-state index contributed by atoms with van der Waals surface area (Å²) in [6.07, 6.45) is 62.7. The van der Waals surface area contributed by atoms with Crippen molar-refractivity contribution in [2.45, 2.75) is 232 Å². The number of carbonyl (C=O) groups excluding carboxylic acids is 3. The molecule has 0 radical (unpaired) electrons. The molecule has 6 nitrogen and oxygen atoms in total. The topological polar surface area (TPSA) is 78.9 Å². The lowest BCUT2D eigenvalue weighted by Crippen LogP contribution is -2.30. The fourth-order valence-electron chi connectivity index (χ4n) is 6.70. The van der Waals surface area contributed by atoms with Crippen LogP contribution in [0.3, 0.4) is 0 Å². The lowest BCUT2D eigenvalue weighted by atomic mass is 10.1. The van der Waals surface area contributed by atoms with E-state index in [2.05, 4.69) is 81.5 Å². The SMILES string of the molecule is CCC\C=C/C=C\C=C/C=C\C=C/CCCCCCCC(=O)OCC(COC(=O)CCCCCCCCCCCC)OC(=O)CCCCCCCC/C=C\C=C/CCCCC. The molecule has 0 bridgehead atoms. The largest absolute Gasteiger partial charge is 0.462 e. The molecule has 0 N–H and O–H groups in total. The molecule has 0 aromatic rings. The van der Waals surface area contributed by atoms with E-state index in [1.165, 1.54) is 89.9 Å². The lowest BCUT2D eigenvalue weighted by molar-refractivity contribution is -0.167. The van der Waals surface area contributed by atoms with Gasteiger partial charge in [-0.1, -0.05) is 228 Å². The summed E-state index contributed by atoms with van der Waals surface area (Å²) in [6, 6.07) is 0.